The number of aliphatic hydroxyl groups excluding tert-OH is 1. The summed E-state index contributed by atoms with van der Waals surface area (Å²) in [6.07, 6.45) is 1.66. The predicted molar refractivity (Wildman–Crippen MR) is 115 cm³/mol. The molecule has 0 aliphatic carbocycles. The number of nitrogens with zero attached hydrogens (tertiary/aromatic N) is 1. The van der Waals surface area contributed by atoms with Crippen LogP contribution in [0.1, 0.15) is 18.1 Å². The van der Waals surface area contributed by atoms with E-state index in [2.05, 4.69) is 4.99 Å². The van der Waals surface area contributed by atoms with Gasteiger partial charge in [-0.1, -0.05) is 30.0 Å². The summed E-state index contributed by atoms with van der Waals surface area (Å²) in [4.78, 5) is 17.4. The lowest BCUT2D eigenvalue weighted by molar-refractivity contribution is -0.138. The normalized spacial score (nSPS) is 16.5. The molecule has 7 heteroatoms. The number of aliphatic imine (C=N–C) groups is 1. The summed E-state index contributed by atoms with van der Waals surface area (Å²) in [7, 11) is 1.47. The van der Waals surface area contributed by atoms with Gasteiger partial charge in [-0.3, -0.25) is 0 Å². The standard InChI is InChI=1S/C22H21NO5S/c1-4-28-22(26)19-20(25)18(12-14-8-9-17(27-3)16(24)11-14)29-21(19)23-15-7-5-6-13(2)10-15/h5-12,24-25H,4H2,1-3H3. The van der Waals surface area contributed by atoms with Crippen LogP contribution < -0.4 is 4.74 Å². The van der Waals surface area contributed by atoms with Crippen molar-refractivity contribution >= 4 is 34.5 Å². The number of phenols is 1. The van der Waals surface area contributed by atoms with Crippen LogP contribution in [0, 0.1) is 6.92 Å². The highest BCUT2D eigenvalue weighted by atomic mass is 32.2. The van der Waals surface area contributed by atoms with Crippen LogP contribution in [0.25, 0.3) is 6.08 Å². The van der Waals surface area contributed by atoms with Crippen molar-refractivity contribution in [1.82, 2.24) is 0 Å². The van der Waals surface area contributed by atoms with Gasteiger partial charge in [0.2, 0.25) is 0 Å². The maximum Gasteiger partial charge on any atom is 0.344 e. The van der Waals surface area contributed by atoms with E-state index in [1.165, 1.54) is 24.9 Å². The Hall–Kier alpha value is -3.19. The second kappa shape index (κ2) is 8.87. The summed E-state index contributed by atoms with van der Waals surface area (Å²) in [6.45, 7) is 3.84. The molecule has 6 nitrogen and oxygen atoms in total. The molecule has 0 saturated heterocycles. The maximum atomic E-state index is 12.4. The summed E-state index contributed by atoms with van der Waals surface area (Å²) in [5, 5.41) is 21.0. The first-order chi connectivity index (χ1) is 13.9. The van der Waals surface area contributed by atoms with E-state index >= 15 is 0 Å². The van der Waals surface area contributed by atoms with Gasteiger partial charge in [-0.2, -0.15) is 0 Å². The summed E-state index contributed by atoms with van der Waals surface area (Å²) in [6, 6.07) is 12.4. The van der Waals surface area contributed by atoms with Crippen molar-refractivity contribution in [2.45, 2.75) is 13.8 Å². The SMILES string of the molecule is CCOC(=O)C1=C(O)C(=Cc2ccc(OC)c(O)c2)SC1=Nc1cccc(C)c1. The number of carbonyl (C=O) groups is 1. The molecule has 1 heterocycles. The molecule has 0 unspecified atom stereocenters. The first-order valence-electron chi connectivity index (χ1n) is 8.96. The molecule has 2 aromatic carbocycles. The van der Waals surface area contributed by atoms with Gasteiger partial charge in [0.1, 0.15) is 16.4 Å². The first kappa shape index (κ1) is 20.5. The van der Waals surface area contributed by atoms with Gasteiger partial charge in [-0.05, 0) is 55.3 Å². The molecule has 0 bridgehead atoms. The monoisotopic (exact) mass is 411 g/mol. The number of hydrogen-bond acceptors (Lipinski definition) is 7. The summed E-state index contributed by atoms with van der Waals surface area (Å²) in [5.41, 5.74) is 2.37. The molecule has 0 spiro atoms. The topological polar surface area (TPSA) is 88.4 Å². The molecule has 0 fully saturated rings. The lowest BCUT2D eigenvalue weighted by Crippen LogP contribution is -2.12. The van der Waals surface area contributed by atoms with Gasteiger partial charge in [-0.25, -0.2) is 9.79 Å². The van der Waals surface area contributed by atoms with Crippen LogP contribution in [0.4, 0.5) is 5.69 Å². The zero-order valence-corrected chi connectivity index (χ0v) is 17.1. The van der Waals surface area contributed by atoms with Gasteiger partial charge in [0.15, 0.2) is 11.5 Å². The molecular formula is C22H21NO5S. The van der Waals surface area contributed by atoms with Gasteiger partial charge in [0.05, 0.1) is 24.3 Å². The fraction of sp³-hybridized carbons (Fsp3) is 0.182. The average Bonchev–Trinajstić information content (AvgIpc) is 2.97. The van der Waals surface area contributed by atoms with Gasteiger partial charge in [-0.15, -0.1) is 0 Å². The van der Waals surface area contributed by atoms with E-state index in [-0.39, 0.29) is 23.7 Å². The number of thioether (sulfide) groups is 1. The van der Waals surface area contributed by atoms with Crippen molar-refractivity contribution in [3.63, 3.8) is 0 Å². The van der Waals surface area contributed by atoms with Crippen molar-refractivity contribution in [3.8, 4) is 11.5 Å². The van der Waals surface area contributed by atoms with Crippen LogP contribution in [0.2, 0.25) is 0 Å². The molecule has 0 radical (unpaired) electrons. The summed E-state index contributed by atoms with van der Waals surface area (Å²) in [5.74, 6) is -0.507. The van der Waals surface area contributed by atoms with Gasteiger partial charge in [0.25, 0.3) is 0 Å². The van der Waals surface area contributed by atoms with Gasteiger partial charge >= 0.3 is 5.97 Å². The second-order valence-corrected chi connectivity index (χ2v) is 7.27. The number of methoxy groups -OCH3 is 1. The third kappa shape index (κ3) is 4.63. The largest absolute Gasteiger partial charge is 0.506 e. The van der Waals surface area contributed by atoms with Crippen LogP contribution in [-0.4, -0.2) is 34.9 Å². The highest BCUT2D eigenvalue weighted by Crippen LogP contribution is 2.41. The van der Waals surface area contributed by atoms with E-state index in [0.29, 0.717) is 26.9 Å². The van der Waals surface area contributed by atoms with E-state index in [4.69, 9.17) is 9.47 Å². The molecule has 0 saturated carbocycles. The van der Waals surface area contributed by atoms with Crippen LogP contribution in [0.5, 0.6) is 11.5 Å². The number of aromatic hydroxyl groups is 1. The van der Waals surface area contributed by atoms with Crippen LogP contribution in [0.15, 0.2) is 63.7 Å². The number of aryl methyl sites for hydroxylation is 1. The Labute approximate surface area is 173 Å². The molecule has 0 amide bonds. The number of aliphatic hydroxyl groups is 1. The Morgan fingerprint density at radius 2 is 2.00 bits per heavy atom. The molecule has 0 aromatic heterocycles. The minimum atomic E-state index is -0.634. The van der Waals surface area contributed by atoms with Crippen LogP contribution in [-0.2, 0) is 9.53 Å². The van der Waals surface area contributed by atoms with Crippen LogP contribution >= 0.6 is 11.8 Å². The Bertz CT molecular complexity index is 1040. The van der Waals surface area contributed by atoms with E-state index in [1.807, 2.05) is 31.2 Å². The van der Waals surface area contributed by atoms with Gasteiger partial charge in [0, 0.05) is 0 Å². The Balaban J connectivity index is 2.04. The molecular weight excluding hydrogens is 390 g/mol. The maximum absolute atomic E-state index is 12.4. The Kier molecular flexibility index (Phi) is 6.29. The molecule has 0 atom stereocenters. The molecule has 2 N–H and O–H groups in total. The average molecular weight is 411 g/mol. The van der Waals surface area contributed by atoms with E-state index in [1.54, 1.807) is 25.1 Å². The Morgan fingerprint density at radius 3 is 2.66 bits per heavy atom. The number of benzene rings is 2. The van der Waals surface area contributed by atoms with Crippen LogP contribution in [0.3, 0.4) is 0 Å². The van der Waals surface area contributed by atoms with Crippen molar-refractivity contribution in [1.29, 1.82) is 0 Å². The zero-order chi connectivity index (χ0) is 21.0. The number of carbonyl (C=O) groups excluding carboxylic acids is 1. The predicted octanol–water partition coefficient (Wildman–Crippen LogP) is 4.90. The Morgan fingerprint density at radius 1 is 1.21 bits per heavy atom. The smallest absolute Gasteiger partial charge is 0.344 e. The van der Waals surface area contributed by atoms with E-state index in [0.717, 1.165) is 5.56 Å². The molecule has 2 aromatic rings. The number of hydrogen-bond donors (Lipinski definition) is 2. The first-order valence-corrected chi connectivity index (χ1v) is 9.77. The zero-order valence-electron chi connectivity index (χ0n) is 16.3. The molecule has 3 rings (SSSR count). The van der Waals surface area contributed by atoms with Crippen molar-refractivity contribution in [2.75, 3.05) is 13.7 Å². The molecule has 150 valence electrons. The number of esters is 1. The number of phenolic OH excluding ortho intramolecular Hbond substituents is 1. The molecule has 1 aliphatic heterocycles. The van der Waals surface area contributed by atoms with Gasteiger partial charge < -0.3 is 19.7 Å². The van der Waals surface area contributed by atoms with E-state index < -0.39 is 5.97 Å². The molecule has 1 aliphatic rings. The number of ether oxygens (including phenoxy) is 2. The van der Waals surface area contributed by atoms with Crippen molar-refractivity contribution in [2.24, 2.45) is 4.99 Å². The number of rotatable bonds is 5. The fourth-order valence-corrected chi connectivity index (χ4v) is 3.79. The second-order valence-electron chi connectivity index (χ2n) is 6.24. The minimum Gasteiger partial charge on any atom is -0.506 e. The lowest BCUT2D eigenvalue weighted by Gasteiger charge is -2.04. The third-order valence-corrected chi connectivity index (χ3v) is 5.12. The summed E-state index contributed by atoms with van der Waals surface area (Å²) < 4.78 is 10.1. The fourth-order valence-electron chi connectivity index (χ4n) is 2.75. The summed E-state index contributed by atoms with van der Waals surface area (Å²) >= 11 is 1.17. The lowest BCUT2D eigenvalue weighted by atomic mass is 10.1. The third-order valence-electron chi connectivity index (χ3n) is 4.10. The van der Waals surface area contributed by atoms with E-state index in [9.17, 15) is 15.0 Å². The quantitative estimate of drug-likeness (QED) is 0.680. The highest BCUT2D eigenvalue weighted by molar-refractivity contribution is 8.18. The minimum absolute atomic E-state index is 0.0208. The molecule has 29 heavy (non-hydrogen) atoms. The highest BCUT2D eigenvalue weighted by Gasteiger charge is 2.33. The van der Waals surface area contributed by atoms with Crippen molar-refractivity contribution < 1.29 is 24.5 Å². The van der Waals surface area contributed by atoms with Crippen molar-refractivity contribution in [3.05, 3.63) is 69.8 Å².